The Bertz CT molecular complexity index is 1010. The molecule has 3 rings (SSSR count). The molecule has 0 aliphatic rings. The van der Waals surface area contributed by atoms with Crippen LogP contribution in [0.2, 0.25) is 15.1 Å². The van der Waals surface area contributed by atoms with Gasteiger partial charge in [0.05, 0.1) is 10.8 Å². The van der Waals surface area contributed by atoms with Crippen molar-refractivity contribution in [2.24, 2.45) is 7.05 Å². The minimum Gasteiger partial charge on any atom is -0.325 e. The fourth-order valence-corrected chi connectivity index (χ4v) is 3.86. The second-order valence-corrected chi connectivity index (χ2v) is 8.01. The first-order chi connectivity index (χ1) is 12.8. The van der Waals surface area contributed by atoms with Crippen molar-refractivity contribution in [1.82, 2.24) is 14.8 Å². The Morgan fingerprint density at radius 1 is 1.11 bits per heavy atom. The van der Waals surface area contributed by atoms with Crippen LogP contribution in [0.4, 0.5) is 5.69 Å². The van der Waals surface area contributed by atoms with Crippen molar-refractivity contribution in [3.05, 3.63) is 57.0 Å². The van der Waals surface area contributed by atoms with Gasteiger partial charge in [-0.25, -0.2) is 0 Å². The zero-order valence-corrected chi connectivity index (χ0v) is 17.5. The standard InChI is InChI=1S/C18H15Cl3N4OS/c1-10-7-11(19)4-6-15(10)22-16(26)9-27-18-24-23-17(25(18)2)13-5-3-12(20)8-14(13)21/h3-8H,9H2,1-2H3,(H,22,26). The van der Waals surface area contributed by atoms with Crippen LogP contribution in [0, 0.1) is 6.92 Å². The van der Waals surface area contributed by atoms with Gasteiger partial charge in [-0.05, 0) is 48.9 Å². The van der Waals surface area contributed by atoms with Crippen molar-refractivity contribution >= 4 is 58.2 Å². The molecule has 3 aromatic rings. The largest absolute Gasteiger partial charge is 0.325 e. The predicted octanol–water partition coefficient (Wildman–Crippen LogP) is 5.48. The van der Waals surface area contributed by atoms with Crippen LogP contribution in [0.5, 0.6) is 0 Å². The van der Waals surface area contributed by atoms with Gasteiger partial charge in [-0.15, -0.1) is 10.2 Å². The van der Waals surface area contributed by atoms with Gasteiger partial charge in [0.2, 0.25) is 5.91 Å². The summed E-state index contributed by atoms with van der Waals surface area (Å²) in [7, 11) is 1.82. The second-order valence-electron chi connectivity index (χ2n) is 5.79. The molecule has 0 unspecified atom stereocenters. The van der Waals surface area contributed by atoms with Gasteiger partial charge in [0, 0.05) is 28.3 Å². The van der Waals surface area contributed by atoms with E-state index in [9.17, 15) is 4.79 Å². The normalized spacial score (nSPS) is 10.9. The zero-order chi connectivity index (χ0) is 19.6. The lowest BCUT2D eigenvalue weighted by molar-refractivity contribution is -0.113. The summed E-state index contributed by atoms with van der Waals surface area (Å²) in [4.78, 5) is 12.2. The van der Waals surface area contributed by atoms with Crippen molar-refractivity contribution in [2.45, 2.75) is 12.1 Å². The van der Waals surface area contributed by atoms with Crippen LogP contribution in [0.25, 0.3) is 11.4 Å². The van der Waals surface area contributed by atoms with Crippen LogP contribution in [-0.4, -0.2) is 26.4 Å². The van der Waals surface area contributed by atoms with Gasteiger partial charge in [-0.2, -0.15) is 0 Å². The summed E-state index contributed by atoms with van der Waals surface area (Å²) in [5, 5.41) is 13.5. The number of benzene rings is 2. The number of anilines is 1. The third-order valence-corrected chi connectivity index (χ3v) is 5.60. The molecule has 9 heteroatoms. The molecule has 0 atom stereocenters. The summed E-state index contributed by atoms with van der Waals surface area (Å²) < 4.78 is 1.79. The van der Waals surface area contributed by atoms with Crippen LogP contribution < -0.4 is 5.32 Å². The lowest BCUT2D eigenvalue weighted by atomic mass is 10.2. The maximum absolute atomic E-state index is 12.2. The number of rotatable bonds is 5. The van der Waals surface area contributed by atoms with E-state index in [1.807, 2.05) is 14.0 Å². The molecule has 140 valence electrons. The van der Waals surface area contributed by atoms with E-state index in [4.69, 9.17) is 34.8 Å². The van der Waals surface area contributed by atoms with E-state index in [1.54, 1.807) is 41.0 Å². The fraction of sp³-hybridized carbons (Fsp3) is 0.167. The van der Waals surface area contributed by atoms with E-state index in [-0.39, 0.29) is 11.7 Å². The van der Waals surface area contributed by atoms with Crippen LogP contribution >= 0.6 is 46.6 Å². The van der Waals surface area contributed by atoms with Gasteiger partial charge in [0.25, 0.3) is 0 Å². The van der Waals surface area contributed by atoms with Gasteiger partial charge >= 0.3 is 0 Å². The lowest BCUT2D eigenvalue weighted by Gasteiger charge is -2.09. The minimum atomic E-state index is -0.139. The number of carbonyl (C=O) groups excluding carboxylic acids is 1. The average Bonchev–Trinajstić information content (AvgIpc) is 2.96. The highest BCUT2D eigenvalue weighted by Gasteiger charge is 2.15. The van der Waals surface area contributed by atoms with Crippen molar-refractivity contribution < 1.29 is 4.79 Å². The Labute approximate surface area is 176 Å². The lowest BCUT2D eigenvalue weighted by Crippen LogP contribution is -2.15. The molecule has 2 aromatic carbocycles. The van der Waals surface area contributed by atoms with E-state index in [0.29, 0.717) is 26.0 Å². The van der Waals surface area contributed by atoms with Crippen LogP contribution in [0.15, 0.2) is 41.6 Å². The Hall–Kier alpha value is -1.73. The molecule has 27 heavy (non-hydrogen) atoms. The quantitative estimate of drug-likeness (QED) is 0.532. The first-order valence-electron chi connectivity index (χ1n) is 7.89. The van der Waals surface area contributed by atoms with Crippen LogP contribution in [0.3, 0.4) is 0 Å². The Morgan fingerprint density at radius 3 is 2.52 bits per heavy atom. The number of nitrogens with one attached hydrogen (secondary N) is 1. The highest BCUT2D eigenvalue weighted by Crippen LogP contribution is 2.30. The number of thioether (sulfide) groups is 1. The fourth-order valence-electron chi connectivity index (χ4n) is 2.43. The topological polar surface area (TPSA) is 59.8 Å². The van der Waals surface area contributed by atoms with Crippen molar-refractivity contribution in [3.63, 3.8) is 0 Å². The molecule has 0 bridgehead atoms. The molecule has 0 fully saturated rings. The third-order valence-electron chi connectivity index (χ3n) is 3.80. The molecule has 1 N–H and O–H groups in total. The molecule has 5 nitrogen and oxygen atoms in total. The van der Waals surface area contributed by atoms with Gasteiger partial charge < -0.3 is 9.88 Å². The summed E-state index contributed by atoms with van der Waals surface area (Å²) in [6, 6.07) is 10.5. The minimum absolute atomic E-state index is 0.139. The van der Waals surface area contributed by atoms with Gasteiger partial charge in [-0.1, -0.05) is 46.6 Å². The van der Waals surface area contributed by atoms with Crippen molar-refractivity contribution in [2.75, 3.05) is 11.1 Å². The molecule has 0 saturated carbocycles. The molecule has 1 amide bonds. The van der Waals surface area contributed by atoms with Gasteiger partial charge in [0.1, 0.15) is 0 Å². The smallest absolute Gasteiger partial charge is 0.234 e. The van der Waals surface area contributed by atoms with Crippen LogP contribution in [-0.2, 0) is 11.8 Å². The van der Waals surface area contributed by atoms with E-state index in [1.165, 1.54) is 11.8 Å². The highest BCUT2D eigenvalue weighted by molar-refractivity contribution is 7.99. The Balaban J connectivity index is 1.68. The Morgan fingerprint density at radius 2 is 1.81 bits per heavy atom. The maximum Gasteiger partial charge on any atom is 0.234 e. The number of amides is 1. The number of hydrogen-bond donors (Lipinski definition) is 1. The molecule has 0 aliphatic heterocycles. The van der Waals surface area contributed by atoms with Crippen LogP contribution in [0.1, 0.15) is 5.56 Å². The molecule has 0 spiro atoms. The summed E-state index contributed by atoms with van der Waals surface area (Å²) in [6.45, 7) is 1.89. The second kappa shape index (κ2) is 8.52. The monoisotopic (exact) mass is 440 g/mol. The summed E-state index contributed by atoms with van der Waals surface area (Å²) in [5.41, 5.74) is 2.36. The predicted molar refractivity (Wildman–Crippen MR) is 112 cm³/mol. The molecule has 1 heterocycles. The molecule has 0 aliphatic carbocycles. The molecule has 0 radical (unpaired) electrons. The number of carbonyl (C=O) groups is 1. The first kappa shape index (κ1) is 20.0. The van der Waals surface area contributed by atoms with E-state index < -0.39 is 0 Å². The molecular weight excluding hydrogens is 427 g/mol. The first-order valence-corrected chi connectivity index (χ1v) is 10.0. The van der Waals surface area contributed by atoms with Gasteiger partial charge in [0.15, 0.2) is 11.0 Å². The summed E-state index contributed by atoms with van der Waals surface area (Å²) >= 11 is 19.4. The van der Waals surface area contributed by atoms with E-state index >= 15 is 0 Å². The number of hydrogen-bond acceptors (Lipinski definition) is 4. The number of halogens is 3. The SMILES string of the molecule is Cc1cc(Cl)ccc1NC(=O)CSc1nnc(-c2ccc(Cl)cc2Cl)n1C. The molecule has 0 saturated heterocycles. The zero-order valence-electron chi connectivity index (χ0n) is 14.5. The maximum atomic E-state index is 12.2. The average molecular weight is 442 g/mol. The van der Waals surface area contributed by atoms with E-state index in [2.05, 4.69) is 15.5 Å². The highest BCUT2D eigenvalue weighted by atomic mass is 35.5. The van der Waals surface area contributed by atoms with E-state index in [0.717, 1.165) is 16.8 Å². The summed E-state index contributed by atoms with van der Waals surface area (Å²) in [6.07, 6.45) is 0. The molecular formula is C18H15Cl3N4OS. The number of nitrogens with zero attached hydrogens (tertiary/aromatic N) is 3. The summed E-state index contributed by atoms with van der Waals surface area (Å²) in [5.74, 6) is 0.662. The number of aryl methyl sites for hydroxylation is 1. The van der Waals surface area contributed by atoms with Crippen molar-refractivity contribution in [3.8, 4) is 11.4 Å². The number of aromatic nitrogens is 3. The third kappa shape index (κ3) is 4.76. The van der Waals surface area contributed by atoms with Crippen molar-refractivity contribution in [1.29, 1.82) is 0 Å². The van der Waals surface area contributed by atoms with Gasteiger partial charge in [-0.3, -0.25) is 4.79 Å². The Kier molecular flexibility index (Phi) is 6.32. The molecule has 1 aromatic heterocycles.